The lowest BCUT2D eigenvalue weighted by Gasteiger charge is -2.07. The van der Waals surface area contributed by atoms with Crippen molar-refractivity contribution in [1.29, 1.82) is 0 Å². The van der Waals surface area contributed by atoms with Gasteiger partial charge in [-0.25, -0.2) is 0 Å². The summed E-state index contributed by atoms with van der Waals surface area (Å²) in [6.07, 6.45) is 0.351. The maximum Gasteiger partial charge on any atom is 0.243 e. The van der Waals surface area contributed by atoms with Crippen LogP contribution < -0.4 is 5.73 Å². The molecule has 2 aromatic rings. The van der Waals surface area contributed by atoms with Crippen LogP contribution in [-0.2, 0) is 11.2 Å². The molecule has 2 rings (SSSR count). The van der Waals surface area contributed by atoms with Crippen LogP contribution in [0.2, 0.25) is 0 Å². The average molecular weight is 277 g/mol. The number of nitrogens with two attached hydrogens (primary N) is 1. The summed E-state index contributed by atoms with van der Waals surface area (Å²) in [5, 5.41) is 13.1. The Morgan fingerprint density at radius 1 is 1.35 bits per heavy atom. The highest BCUT2D eigenvalue weighted by Gasteiger charge is 2.18. The second-order valence-electron chi connectivity index (χ2n) is 4.57. The Labute approximate surface area is 117 Å². The van der Waals surface area contributed by atoms with Crippen molar-refractivity contribution < 1.29 is 14.4 Å². The number of phenolic OH excluding ortho intramolecular Hbond substituents is 1. The van der Waals surface area contributed by atoms with Crippen LogP contribution in [0.1, 0.15) is 43.3 Å². The standard InChI is InChI=1S/C14H19N3O3/c1-3-19-9(2)13-16-14(20-17-13)12(15)8-10-4-6-11(18)7-5-10/h4-7,9,12,18H,3,8,15H2,1-2H3/t9?,12-/m0/s1. The first-order chi connectivity index (χ1) is 9.60. The Kier molecular flexibility index (Phi) is 4.70. The minimum atomic E-state index is -0.380. The lowest BCUT2D eigenvalue weighted by Crippen LogP contribution is -2.14. The van der Waals surface area contributed by atoms with Crippen molar-refractivity contribution in [2.75, 3.05) is 6.61 Å². The summed E-state index contributed by atoms with van der Waals surface area (Å²) in [6, 6.07) is 6.50. The van der Waals surface area contributed by atoms with Crippen LogP contribution in [0, 0.1) is 0 Å². The van der Waals surface area contributed by atoms with Crippen molar-refractivity contribution in [1.82, 2.24) is 10.1 Å². The van der Waals surface area contributed by atoms with Gasteiger partial charge in [0.15, 0.2) is 5.82 Å². The fraction of sp³-hybridized carbons (Fsp3) is 0.429. The van der Waals surface area contributed by atoms with Crippen molar-refractivity contribution in [2.45, 2.75) is 32.4 Å². The smallest absolute Gasteiger partial charge is 0.243 e. The van der Waals surface area contributed by atoms with Gasteiger partial charge < -0.3 is 20.1 Å². The molecule has 0 aliphatic heterocycles. The molecule has 20 heavy (non-hydrogen) atoms. The number of nitrogens with zero attached hydrogens (tertiary/aromatic N) is 2. The maximum absolute atomic E-state index is 9.24. The van der Waals surface area contributed by atoms with E-state index in [0.29, 0.717) is 24.7 Å². The van der Waals surface area contributed by atoms with E-state index in [0.717, 1.165) is 5.56 Å². The van der Waals surface area contributed by atoms with Crippen LogP contribution in [0.5, 0.6) is 5.75 Å². The highest BCUT2D eigenvalue weighted by Crippen LogP contribution is 2.19. The van der Waals surface area contributed by atoms with Crippen LogP contribution in [0.4, 0.5) is 0 Å². The zero-order chi connectivity index (χ0) is 14.5. The molecule has 3 N–H and O–H groups in total. The number of hydrogen-bond acceptors (Lipinski definition) is 6. The number of phenols is 1. The molecule has 6 heteroatoms. The minimum absolute atomic E-state index is 0.210. The molecule has 0 spiro atoms. The van der Waals surface area contributed by atoms with E-state index in [2.05, 4.69) is 10.1 Å². The molecule has 1 aromatic carbocycles. The molecule has 0 fully saturated rings. The molecule has 0 aliphatic carbocycles. The van der Waals surface area contributed by atoms with E-state index in [1.807, 2.05) is 26.0 Å². The molecule has 6 nitrogen and oxygen atoms in total. The first-order valence-electron chi connectivity index (χ1n) is 6.58. The van der Waals surface area contributed by atoms with E-state index < -0.39 is 0 Å². The van der Waals surface area contributed by atoms with E-state index in [-0.39, 0.29) is 17.9 Å². The SMILES string of the molecule is CCOC(C)c1noc([C@@H](N)Cc2ccc(O)cc2)n1. The zero-order valence-corrected chi connectivity index (χ0v) is 11.6. The van der Waals surface area contributed by atoms with Gasteiger partial charge in [-0.3, -0.25) is 0 Å². The van der Waals surface area contributed by atoms with Crippen molar-refractivity contribution in [3.63, 3.8) is 0 Å². The number of rotatable bonds is 6. The van der Waals surface area contributed by atoms with E-state index in [1.165, 1.54) is 0 Å². The zero-order valence-electron chi connectivity index (χ0n) is 11.6. The molecule has 1 unspecified atom stereocenters. The van der Waals surface area contributed by atoms with Gasteiger partial charge in [-0.2, -0.15) is 4.98 Å². The van der Waals surface area contributed by atoms with E-state index >= 15 is 0 Å². The fourth-order valence-electron chi connectivity index (χ4n) is 1.86. The number of ether oxygens (including phenoxy) is 1. The summed E-state index contributed by atoms with van der Waals surface area (Å²) < 4.78 is 10.6. The Bertz CT molecular complexity index is 539. The van der Waals surface area contributed by atoms with Gasteiger partial charge in [0.2, 0.25) is 5.89 Å². The quantitative estimate of drug-likeness (QED) is 0.839. The molecule has 108 valence electrons. The second kappa shape index (κ2) is 6.49. The predicted molar refractivity (Wildman–Crippen MR) is 73.1 cm³/mol. The molecule has 0 bridgehead atoms. The number of aromatic nitrogens is 2. The molecule has 2 atom stereocenters. The summed E-state index contributed by atoms with van der Waals surface area (Å²) in [6.45, 7) is 4.36. The van der Waals surface area contributed by atoms with Gasteiger partial charge in [0.1, 0.15) is 11.9 Å². The molecule has 0 aliphatic rings. The van der Waals surface area contributed by atoms with Crippen molar-refractivity contribution in [2.24, 2.45) is 5.73 Å². The van der Waals surface area contributed by atoms with Gasteiger partial charge in [0.25, 0.3) is 0 Å². The third kappa shape index (κ3) is 3.55. The van der Waals surface area contributed by atoms with E-state index in [1.54, 1.807) is 12.1 Å². The Hall–Kier alpha value is -1.92. The normalized spacial score (nSPS) is 14.2. The summed E-state index contributed by atoms with van der Waals surface area (Å²) in [7, 11) is 0. The van der Waals surface area contributed by atoms with Gasteiger partial charge in [0.05, 0.1) is 6.04 Å². The maximum atomic E-state index is 9.24. The lowest BCUT2D eigenvalue weighted by molar-refractivity contribution is 0.0683. The number of aromatic hydroxyl groups is 1. The molecule has 0 radical (unpaired) electrons. The van der Waals surface area contributed by atoms with Crippen LogP contribution >= 0.6 is 0 Å². The van der Waals surface area contributed by atoms with E-state index in [4.69, 9.17) is 15.0 Å². The average Bonchev–Trinajstić information content (AvgIpc) is 2.91. The van der Waals surface area contributed by atoms with Gasteiger partial charge >= 0.3 is 0 Å². The second-order valence-corrected chi connectivity index (χ2v) is 4.57. The molecule has 0 saturated heterocycles. The molecular weight excluding hydrogens is 258 g/mol. The Balaban J connectivity index is 2.02. The van der Waals surface area contributed by atoms with Crippen molar-refractivity contribution >= 4 is 0 Å². The summed E-state index contributed by atoms with van der Waals surface area (Å²) in [4.78, 5) is 4.27. The molecule has 1 aromatic heterocycles. The molecule has 0 amide bonds. The lowest BCUT2D eigenvalue weighted by atomic mass is 10.1. The van der Waals surface area contributed by atoms with Crippen LogP contribution in [0.3, 0.4) is 0 Å². The summed E-state index contributed by atoms with van der Waals surface area (Å²) >= 11 is 0. The predicted octanol–water partition coefficient (Wildman–Crippen LogP) is 2.12. The highest BCUT2D eigenvalue weighted by atomic mass is 16.5. The topological polar surface area (TPSA) is 94.4 Å². The Morgan fingerprint density at radius 2 is 2.05 bits per heavy atom. The number of benzene rings is 1. The van der Waals surface area contributed by atoms with Crippen molar-refractivity contribution in [3.8, 4) is 5.75 Å². The molecule has 0 saturated carbocycles. The summed E-state index contributed by atoms with van der Waals surface area (Å²) in [5.41, 5.74) is 7.05. The minimum Gasteiger partial charge on any atom is -0.508 e. The largest absolute Gasteiger partial charge is 0.508 e. The van der Waals surface area contributed by atoms with Gasteiger partial charge in [-0.15, -0.1) is 0 Å². The van der Waals surface area contributed by atoms with Gasteiger partial charge in [-0.05, 0) is 38.0 Å². The third-order valence-corrected chi connectivity index (χ3v) is 2.95. The third-order valence-electron chi connectivity index (χ3n) is 2.95. The molecular formula is C14H19N3O3. The number of hydrogen-bond donors (Lipinski definition) is 2. The highest BCUT2D eigenvalue weighted by molar-refractivity contribution is 5.26. The van der Waals surface area contributed by atoms with Crippen LogP contribution in [-0.4, -0.2) is 21.9 Å². The van der Waals surface area contributed by atoms with Crippen LogP contribution in [0.15, 0.2) is 28.8 Å². The Morgan fingerprint density at radius 3 is 2.70 bits per heavy atom. The van der Waals surface area contributed by atoms with E-state index in [9.17, 15) is 5.11 Å². The summed E-state index contributed by atoms with van der Waals surface area (Å²) in [5.74, 6) is 1.12. The van der Waals surface area contributed by atoms with Gasteiger partial charge in [-0.1, -0.05) is 17.3 Å². The van der Waals surface area contributed by atoms with Crippen molar-refractivity contribution in [3.05, 3.63) is 41.5 Å². The van der Waals surface area contributed by atoms with Gasteiger partial charge in [0, 0.05) is 6.61 Å². The monoisotopic (exact) mass is 277 g/mol. The first-order valence-corrected chi connectivity index (χ1v) is 6.58. The molecule has 1 heterocycles. The first kappa shape index (κ1) is 14.5. The fourth-order valence-corrected chi connectivity index (χ4v) is 1.86. The van der Waals surface area contributed by atoms with Crippen LogP contribution in [0.25, 0.3) is 0 Å².